The molecule has 3 rings (SSSR count). The zero-order chi connectivity index (χ0) is 13.9. The highest BCUT2D eigenvalue weighted by atomic mass is 16.5. The van der Waals surface area contributed by atoms with Gasteiger partial charge in [-0.1, -0.05) is 5.16 Å². The van der Waals surface area contributed by atoms with E-state index in [0.717, 1.165) is 12.8 Å². The SMILES string of the molecule is Cc1noc(COc2ccc(C(=O)NC3CC3)cc2)n1. The van der Waals surface area contributed by atoms with Gasteiger partial charge in [-0.05, 0) is 44.0 Å². The first-order chi connectivity index (χ1) is 9.70. The molecular formula is C14H15N3O3. The van der Waals surface area contributed by atoms with Crippen molar-refractivity contribution >= 4 is 5.91 Å². The van der Waals surface area contributed by atoms with Crippen LogP contribution in [0.1, 0.15) is 34.9 Å². The summed E-state index contributed by atoms with van der Waals surface area (Å²) in [7, 11) is 0. The van der Waals surface area contributed by atoms with Crippen LogP contribution >= 0.6 is 0 Å². The van der Waals surface area contributed by atoms with Crippen LogP contribution in [0.5, 0.6) is 5.75 Å². The van der Waals surface area contributed by atoms with Gasteiger partial charge in [0.2, 0.25) is 0 Å². The van der Waals surface area contributed by atoms with Crippen molar-refractivity contribution in [3.05, 3.63) is 41.5 Å². The molecule has 0 aliphatic heterocycles. The van der Waals surface area contributed by atoms with E-state index in [-0.39, 0.29) is 12.5 Å². The van der Waals surface area contributed by atoms with E-state index in [1.807, 2.05) is 0 Å². The second kappa shape index (κ2) is 5.32. The average Bonchev–Trinajstić information content (AvgIpc) is 3.17. The lowest BCUT2D eigenvalue weighted by Gasteiger charge is -2.05. The van der Waals surface area contributed by atoms with Gasteiger partial charge in [-0.3, -0.25) is 4.79 Å². The van der Waals surface area contributed by atoms with E-state index in [2.05, 4.69) is 15.5 Å². The monoisotopic (exact) mass is 273 g/mol. The molecule has 0 bridgehead atoms. The number of aryl methyl sites for hydroxylation is 1. The summed E-state index contributed by atoms with van der Waals surface area (Å²) in [5.41, 5.74) is 0.637. The smallest absolute Gasteiger partial charge is 0.264 e. The molecule has 0 unspecified atom stereocenters. The fraction of sp³-hybridized carbons (Fsp3) is 0.357. The van der Waals surface area contributed by atoms with Crippen molar-refractivity contribution in [1.82, 2.24) is 15.5 Å². The summed E-state index contributed by atoms with van der Waals surface area (Å²) in [6.45, 7) is 1.97. The molecule has 1 aromatic heterocycles. The molecule has 1 N–H and O–H groups in total. The normalized spacial score (nSPS) is 14.1. The Morgan fingerprint density at radius 2 is 2.15 bits per heavy atom. The van der Waals surface area contributed by atoms with Gasteiger partial charge < -0.3 is 14.6 Å². The number of nitrogens with zero attached hydrogens (tertiary/aromatic N) is 2. The predicted octanol–water partition coefficient (Wildman–Crippen LogP) is 1.85. The lowest BCUT2D eigenvalue weighted by molar-refractivity contribution is 0.0951. The summed E-state index contributed by atoms with van der Waals surface area (Å²) < 4.78 is 10.5. The maximum atomic E-state index is 11.8. The van der Waals surface area contributed by atoms with Gasteiger partial charge in [0, 0.05) is 11.6 Å². The Kier molecular flexibility index (Phi) is 3.37. The minimum Gasteiger partial charge on any atom is -0.484 e. The third-order valence-corrected chi connectivity index (χ3v) is 2.96. The molecule has 0 saturated heterocycles. The molecule has 1 aliphatic carbocycles. The van der Waals surface area contributed by atoms with Gasteiger partial charge in [-0.25, -0.2) is 0 Å². The number of benzene rings is 1. The molecule has 1 aliphatic rings. The first-order valence-corrected chi connectivity index (χ1v) is 6.53. The largest absolute Gasteiger partial charge is 0.484 e. The van der Waals surface area contributed by atoms with E-state index in [0.29, 0.717) is 29.1 Å². The summed E-state index contributed by atoms with van der Waals surface area (Å²) in [5, 5.41) is 6.62. The lowest BCUT2D eigenvalue weighted by atomic mass is 10.2. The van der Waals surface area contributed by atoms with Crippen LogP contribution in [0, 0.1) is 6.92 Å². The van der Waals surface area contributed by atoms with Gasteiger partial charge in [0.1, 0.15) is 5.75 Å². The predicted molar refractivity (Wildman–Crippen MR) is 70.3 cm³/mol. The van der Waals surface area contributed by atoms with Crippen LogP contribution in [0.2, 0.25) is 0 Å². The number of hydrogen-bond acceptors (Lipinski definition) is 5. The van der Waals surface area contributed by atoms with Crippen molar-refractivity contribution in [3.8, 4) is 5.75 Å². The summed E-state index contributed by atoms with van der Waals surface area (Å²) >= 11 is 0. The zero-order valence-corrected chi connectivity index (χ0v) is 11.1. The molecule has 1 saturated carbocycles. The number of rotatable bonds is 5. The highest BCUT2D eigenvalue weighted by Gasteiger charge is 2.23. The van der Waals surface area contributed by atoms with Crippen LogP contribution in [0.3, 0.4) is 0 Å². The Morgan fingerprint density at radius 3 is 2.75 bits per heavy atom. The number of aromatic nitrogens is 2. The van der Waals surface area contributed by atoms with Crippen molar-refractivity contribution in [2.24, 2.45) is 0 Å². The molecule has 6 heteroatoms. The number of nitrogens with one attached hydrogen (secondary N) is 1. The van der Waals surface area contributed by atoms with Crippen LogP contribution in [0.25, 0.3) is 0 Å². The molecular weight excluding hydrogens is 258 g/mol. The van der Waals surface area contributed by atoms with Gasteiger partial charge in [0.05, 0.1) is 0 Å². The topological polar surface area (TPSA) is 77.2 Å². The second-order valence-electron chi connectivity index (χ2n) is 4.80. The van der Waals surface area contributed by atoms with E-state index in [9.17, 15) is 4.79 Å². The van der Waals surface area contributed by atoms with E-state index < -0.39 is 0 Å². The van der Waals surface area contributed by atoms with Crippen LogP contribution in [0.4, 0.5) is 0 Å². The van der Waals surface area contributed by atoms with Crippen LogP contribution in [-0.2, 0) is 6.61 Å². The number of hydrogen-bond donors (Lipinski definition) is 1. The summed E-state index contributed by atoms with van der Waals surface area (Å²) in [6.07, 6.45) is 2.16. The third-order valence-electron chi connectivity index (χ3n) is 2.96. The van der Waals surface area contributed by atoms with Crippen LogP contribution in [0.15, 0.2) is 28.8 Å². The Morgan fingerprint density at radius 1 is 1.40 bits per heavy atom. The van der Waals surface area contributed by atoms with E-state index in [1.54, 1.807) is 31.2 Å². The van der Waals surface area contributed by atoms with Gasteiger partial charge in [0.25, 0.3) is 11.8 Å². The first-order valence-electron chi connectivity index (χ1n) is 6.53. The highest BCUT2D eigenvalue weighted by molar-refractivity contribution is 5.94. The Bertz CT molecular complexity index is 602. The van der Waals surface area contributed by atoms with Crippen molar-refractivity contribution in [2.75, 3.05) is 0 Å². The maximum Gasteiger partial charge on any atom is 0.264 e. The molecule has 1 amide bonds. The van der Waals surface area contributed by atoms with E-state index >= 15 is 0 Å². The minimum atomic E-state index is -0.0356. The highest BCUT2D eigenvalue weighted by Crippen LogP contribution is 2.20. The zero-order valence-electron chi connectivity index (χ0n) is 11.1. The molecule has 6 nitrogen and oxygen atoms in total. The molecule has 1 heterocycles. The fourth-order valence-corrected chi connectivity index (χ4v) is 1.74. The Labute approximate surface area is 116 Å². The number of carbonyl (C=O) groups excluding carboxylic acids is 1. The van der Waals surface area contributed by atoms with E-state index in [4.69, 9.17) is 9.26 Å². The standard InChI is InChI=1S/C14H15N3O3/c1-9-15-13(20-17-9)8-19-12-6-2-10(3-7-12)14(18)16-11-4-5-11/h2-3,6-7,11H,4-5,8H2,1H3,(H,16,18). The maximum absolute atomic E-state index is 11.8. The molecule has 0 atom stereocenters. The lowest BCUT2D eigenvalue weighted by Crippen LogP contribution is -2.25. The van der Waals surface area contributed by atoms with Crippen LogP contribution < -0.4 is 10.1 Å². The summed E-state index contributed by atoms with van der Waals surface area (Å²) in [4.78, 5) is 15.8. The van der Waals surface area contributed by atoms with Gasteiger partial charge >= 0.3 is 0 Å². The first kappa shape index (κ1) is 12.7. The van der Waals surface area contributed by atoms with Crippen molar-refractivity contribution in [2.45, 2.75) is 32.4 Å². The number of amides is 1. The minimum absolute atomic E-state index is 0.0356. The molecule has 2 aromatic rings. The Balaban J connectivity index is 1.56. The quantitative estimate of drug-likeness (QED) is 0.899. The fourth-order valence-electron chi connectivity index (χ4n) is 1.74. The third kappa shape index (κ3) is 3.14. The number of carbonyl (C=O) groups is 1. The van der Waals surface area contributed by atoms with Gasteiger partial charge in [0.15, 0.2) is 12.4 Å². The van der Waals surface area contributed by atoms with Crippen molar-refractivity contribution in [1.29, 1.82) is 0 Å². The Hall–Kier alpha value is -2.37. The van der Waals surface area contributed by atoms with E-state index in [1.165, 1.54) is 0 Å². The molecule has 1 fully saturated rings. The van der Waals surface area contributed by atoms with Gasteiger partial charge in [-0.2, -0.15) is 4.98 Å². The van der Waals surface area contributed by atoms with Gasteiger partial charge in [-0.15, -0.1) is 0 Å². The molecule has 20 heavy (non-hydrogen) atoms. The molecule has 104 valence electrons. The van der Waals surface area contributed by atoms with Crippen LogP contribution in [-0.4, -0.2) is 22.1 Å². The number of ether oxygens (including phenoxy) is 1. The summed E-state index contributed by atoms with van der Waals surface area (Å²) in [5.74, 6) is 1.63. The average molecular weight is 273 g/mol. The molecule has 0 radical (unpaired) electrons. The van der Waals surface area contributed by atoms with Crippen molar-refractivity contribution < 1.29 is 14.1 Å². The molecule has 1 aromatic carbocycles. The second-order valence-corrected chi connectivity index (χ2v) is 4.80. The molecule has 0 spiro atoms. The van der Waals surface area contributed by atoms with Crippen molar-refractivity contribution in [3.63, 3.8) is 0 Å². The summed E-state index contributed by atoms with van der Waals surface area (Å²) in [6, 6.07) is 7.35.